The molecule has 0 saturated carbocycles. The standard InChI is InChI=1S/C18H37N.Se/c1-2-3-4-5-6-7-8-9-10-11-12-13-14-15-16-17-18-19;/h9-10H,2-8,11-19H2,1H3;/b10-9-;. The summed E-state index contributed by atoms with van der Waals surface area (Å²) in [5.41, 5.74) is 5.47. The quantitative estimate of drug-likeness (QED) is 0.233. The molecule has 0 aliphatic rings. The van der Waals surface area contributed by atoms with Crippen LogP contribution in [0.5, 0.6) is 0 Å². The number of unbranched alkanes of at least 4 members (excludes halogenated alkanes) is 12. The van der Waals surface area contributed by atoms with Gasteiger partial charge in [-0.1, -0.05) is 76.9 Å². The number of hydrogen-bond donors (Lipinski definition) is 1. The van der Waals surface area contributed by atoms with Gasteiger partial charge in [0.25, 0.3) is 0 Å². The molecule has 0 aliphatic carbocycles. The van der Waals surface area contributed by atoms with Gasteiger partial charge in [-0.25, -0.2) is 0 Å². The van der Waals surface area contributed by atoms with E-state index in [1.165, 1.54) is 89.9 Å². The van der Waals surface area contributed by atoms with Crippen LogP contribution in [0.15, 0.2) is 12.2 Å². The fraction of sp³-hybridized carbons (Fsp3) is 0.889. The van der Waals surface area contributed by atoms with Gasteiger partial charge in [0.05, 0.1) is 0 Å². The van der Waals surface area contributed by atoms with Gasteiger partial charge in [-0.2, -0.15) is 0 Å². The summed E-state index contributed by atoms with van der Waals surface area (Å²) in [6.45, 7) is 3.14. The monoisotopic (exact) mass is 347 g/mol. The molecule has 0 bridgehead atoms. The molecule has 0 amide bonds. The van der Waals surface area contributed by atoms with Crippen molar-refractivity contribution in [2.75, 3.05) is 6.54 Å². The first-order valence-corrected chi connectivity index (χ1v) is 8.77. The van der Waals surface area contributed by atoms with Crippen molar-refractivity contribution in [1.82, 2.24) is 0 Å². The number of allylic oxidation sites excluding steroid dienone is 2. The molecule has 0 aliphatic heterocycles. The fourth-order valence-corrected chi connectivity index (χ4v) is 2.39. The molecule has 2 radical (unpaired) electrons. The molecule has 0 heterocycles. The van der Waals surface area contributed by atoms with E-state index in [1.54, 1.807) is 0 Å². The molecule has 0 fully saturated rings. The third-order valence-corrected chi connectivity index (χ3v) is 3.72. The first kappa shape index (κ1) is 22.5. The summed E-state index contributed by atoms with van der Waals surface area (Å²) in [6, 6.07) is 0. The van der Waals surface area contributed by atoms with Crippen molar-refractivity contribution < 1.29 is 0 Å². The van der Waals surface area contributed by atoms with E-state index in [4.69, 9.17) is 5.73 Å². The zero-order valence-electron chi connectivity index (χ0n) is 13.7. The molecular formula is C18H37NSe. The Hall–Kier alpha value is 0.219. The van der Waals surface area contributed by atoms with Crippen molar-refractivity contribution in [3.05, 3.63) is 12.2 Å². The Labute approximate surface area is 138 Å². The number of hydrogen-bond acceptors (Lipinski definition) is 1. The third-order valence-electron chi connectivity index (χ3n) is 3.72. The zero-order valence-corrected chi connectivity index (χ0v) is 15.5. The van der Waals surface area contributed by atoms with E-state index in [1.807, 2.05) is 0 Å². The molecular weight excluding hydrogens is 309 g/mol. The van der Waals surface area contributed by atoms with Gasteiger partial charge in [0.15, 0.2) is 0 Å². The van der Waals surface area contributed by atoms with Crippen LogP contribution >= 0.6 is 0 Å². The molecule has 20 heavy (non-hydrogen) atoms. The predicted molar refractivity (Wildman–Crippen MR) is 94.3 cm³/mol. The van der Waals surface area contributed by atoms with E-state index in [-0.39, 0.29) is 17.1 Å². The average Bonchev–Trinajstić information content (AvgIpc) is 2.43. The second-order valence-corrected chi connectivity index (χ2v) is 5.73. The van der Waals surface area contributed by atoms with Gasteiger partial charge in [0.2, 0.25) is 0 Å². The molecule has 0 spiro atoms. The maximum atomic E-state index is 5.47. The third kappa shape index (κ3) is 20.5. The molecule has 0 aromatic rings. The molecule has 1 nitrogen and oxygen atoms in total. The summed E-state index contributed by atoms with van der Waals surface area (Å²) in [6.07, 6.45) is 23.9. The summed E-state index contributed by atoms with van der Waals surface area (Å²) < 4.78 is 0. The van der Waals surface area contributed by atoms with Crippen LogP contribution in [-0.4, -0.2) is 23.6 Å². The first-order chi connectivity index (χ1) is 9.41. The smallest absolute Gasteiger partial charge is 0 e. The summed E-state index contributed by atoms with van der Waals surface area (Å²) in [7, 11) is 0. The number of nitrogens with two attached hydrogens (primary N) is 1. The van der Waals surface area contributed by atoms with Crippen LogP contribution in [0.25, 0.3) is 0 Å². The van der Waals surface area contributed by atoms with E-state index in [0.717, 1.165) is 6.54 Å². The molecule has 0 atom stereocenters. The Morgan fingerprint density at radius 3 is 1.45 bits per heavy atom. The SMILES string of the molecule is CCCCCCCC/C=C\CCCCCCCCN.[Se]. The van der Waals surface area contributed by atoms with Crippen LogP contribution in [0.2, 0.25) is 0 Å². The topological polar surface area (TPSA) is 26.0 Å². The van der Waals surface area contributed by atoms with Crippen LogP contribution in [-0.2, 0) is 0 Å². The first-order valence-electron chi connectivity index (χ1n) is 8.77. The Bertz CT molecular complexity index is 180. The van der Waals surface area contributed by atoms with Gasteiger partial charge in [-0.05, 0) is 38.6 Å². The van der Waals surface area contributed by atoms with E-state index >= 15 is 0 Å². The minimum Gasteiger partial charge on any atom is -0.330 e. The van der Waals surface area contributed by atoms with Gasteiger partial charge in [-0.3, -0.25) is 0 Å². The second-order valence-electron chi connectivity index (χ2n) is 5.73. The van der Waals surface area contributed by atoms with Crippen molar-refractivity contribution in [3.8, 4) is 0 Å². The van der Waals surface area contributed by atoms with Crippen molar-refractivity contribution in [1.29, 1.82) is 0 Å². The van der Waals surface area contributed by atoms with E-state index < -0.39 is 0 Å². The molecule has 2 heteroatoms. The Balaban J connectivity index is 0. The molecule has 0 rings (SSSR count). The zero-order chi connectivity index (χ0) is 14.0. The predicted octanol–water partition coefficient (Wildman–Crippen LogP) is 5.60. The maximum absolute atomic E-state index is 5.47. The van der Waals surface area contributed by atoms with E-state index in [2.05, 4.69) is 19.1 Å². The molecule has 120 valence electrons. The maximum Gasteiger partial charge on any atom is 0 e. The summed E-state index contributed by atoms with van der Waals surface area (Å²) in [5, 5.41) is 0. The summed E-state index contributed by atoms with van der Waals surface area (Å²) >= 11 is 0. The Kier molecular flexibility index (Phi) is 24.2. The van der Waals surface area contributed by atoms with Crippen molar-refractivity contribution in [2.45, 2.75) is 96.8 Å². The fourth-order valence-electron chi connectivity index (χ4n) is 2.39. The molecule has 0 aromatic carbocycles. The Morgan fingerprint density at radius 1 is 0.600 bits per heavy atom. The van der Waals surface area contributed by atoms with Gasteiger partial charge >= 0.3 is 0 Å². The van der Waals surface area contributed by atoms with Gasteiger partial charge in [-0.15, -0.1) is 0 Å². The Morgan fingerprint density at radius 2 is 1.00 bits per heavy atom. The van der Waals surface area contributed by atoms with Crippen LogP contribution < -0.4 is 5.73 Å². The van der Waals surface area contributed by atoms with Gasteiger partial charge in [0, 0.05) is 17.1 Å². The summed E-state index contributed by atoms with van der Waals surface area (Å²) in [5.74, 6) is 0. The summed E-state index contributed by atoms with van der Waals surface area (Å²) in [4.78, 5) is 0. The van der Waals surface area contributed by atoms with E-state index in [9.17, 15) is 0 Å². The van der Waals surface area contributed by atoms with Crippen LogP contribution in [0.4, 0.5) is 0 Å². The van der Waals surface area contributed by atoms with E-state index in [0.29, 0.717) is 0 Å². The normalized spacial score (nSPS) is 10.9. The second kappa shape index (κ2) is 21.5. The molecule has 0 unspecified atom stereocenters. The van der Waals surface area contributed by atoms with Gasteiger partial charge in [0.1, 0.15) is 0 Å². The van der Waals surface area contributed by atoms with Crippen molar-refractivity contribution >= 4 is 17.1 Å². The largest absolute Gasteiger partial charge is 0.330 e. The van der Waals surface area contributed by atoms with Gasteiger partial charge < -0.3 is 5.73 Å². The van der Waals surface area contributed by atoms with Crippen LogP contribution in [0.3, 0.4) is 0 Å². The molecule has 0 aromatic heterocycles. The number of rotatable bonds is 15. The average molecular weight is 346 g/mol. The molecule has 0 saturated heterocycles. The van der Waals surface area contributed by atoms with Crippen LogP contribution in [0, 0.1) is 0 Å². The minimum atomic E-state index is 0. The van der Waals surface area contributed by atoms with Crippen molar-refractivity contribution in [2.24, 2.45) is 5.73 Å². The van der Waals surface area contributed by atoms with Crippen molar-refractivity contribution in [3.63, 3.8) is 0 Å². The van der Waals surface area contributed by atoms with Crippen LogP contribution in [0.1, 0.15) is 96.8 Å². The minimum absolute atomic E-state index is 0. The molecule has 2 N–H and O–H groups in total.